The van der Waals surface area contributed by atoms with Crippen LogP contribution in [0, 0.1) is 50.2 Å². The average Bonchev–Trinajstić information content (AvgIpc) is 2.80. The molecule has 4 nitrogen and oxygen atoms in total. The van der Waals surface area contributed by atoms with E-state index in [0.29, 0.717) is 0 Å². The number of Topliss-reactive ketones (excluding diaryl/α,β-unsaturated/α-hetero) is 1. The van der Waals surface area contributed by atoms with E-state index in [-0.39, 0.29) is 51.5 Å². The Balaban J connectivity index is 2.15. The molecule has 0 aromatic carbocycles. The van der Waals surface area contributed by atoms with Crippen molar-refractivity contribution in [3.8, 4) is 6.07 Å². The Bertz CT molecular complexity index is 955. The fraction of sp³-hybridized carbons (Fsp3) is 0.812. The van der Waals surface area contributed by atoms with Crippen molar-refractivity contribution in [1.29, 1.82) is 5.26 Å². The third-order valence-electron chi connectivity index (χ3n) is 11.1. The van der Waals surface area contributed by atoms with Gasteiger partial charge in [0.1, 0.15) is 6.07 Å². The van der Waals surface area contributed by atoms with Crippen molar-refractivity contribution in [3.63, 3.8) is 0 Å². The van der Waals surface area contributed by atoms with Gasteiger partial charge in [0.2, 0.25) is 0 Å². The molecule has 36 heavy (non-hydrogen) atoms. The molecule has 3 rings (SSSR count). The van der Waals surface area contributed by atoms with Crippen molar-refractivity contribution in [2.75, 3.05) is 6.61 Å². The molecular weight excluding hydrogens is 446 g/mol. The van der Waals surface area contributed by atoms with Crippen LogP contribution in [-0.2, 0) is 4.79 Å². The second-order valence-electron chi connectivity index (χ2n) is 14.5. The Labute approximate surface area is 220 Å². The van der Waals surface area contributed by atoms with Crippen molar-refractivity contribution in [1.82, 2.24) is 0 Å². The van der Waals surface area contributed by atoms with E-state index in [1.165, 1.54) is 12.0 Å². The number of allylic oxidation sites excluding steroid dienone is 3. The molecule has 0 aliphatic heterocycles. The number of aliphatic hydroxyl groups is 2. The van der Waals surface area contributed by atoms with Crippen LogP contribution in [-0.4, -0.2) is 28.7 Å². The van der Waals surface area contributed by atoms with Gasteiger partial charge in [-0.05, 0) is 85.9 Å². The summed E-state index contributed by atoms with van der Waals surface area (Å²) in [6.07, 6.45) is 12.9. The molecular formula is C32H51NO3. The maximum atomic E-state index is 12.9. The van der Waals surface area contributed by atoms with E-state index in [0.717, 1.165) is 51.4 Å². The van der Waals surface area contributed by atoms with Crippen molar-refractivity contribution in [2.45, 2.75) is 119 Å². The van der Waals surface area contributed by atoms with Crippen LogP contribution in [0.4, 0.5) is 0 Å². The highest BCUT2D eigenvalue weighted by molar-refractivity contribution is 6.02. The summed E-state index contributed by atoms with van der Waals surface area (Å²) in [6.45, 7) is 18.0. The molecule has 0 radical (unpaired) electrons. The number of carbonyl (C=O) groups is 1. The van der Waals surface area contributed by atoms with E-state index in [1.807, 2.05) is 26.0 Å². The summed E-state index contributed by atoms with van der Waals surface area (Å²) in [6, 6.07) is 2.19. The van der Waals surface area contributed by atoms with Gasteiger partial charge < -0.3 is 10.2 Å². The molecule has 2 N–H and O–H groups in total. The van der Waals surface area contributed by atoms with E-state index in [1.54, 1.807) is 0 Å². The first-order valence-electron chi connectivity index (χ1n) is 14.3. The number of ketones is 1. The number of hydrogen-bond donors (Lipinski definition) is 2. The number of aliphatic hydroxyl groups excluding tert-OH is 2. The standard InChI is InChI=1S/C32H51NO3/c1-22(35)18-26-31(7)19-24(20-33)27(36)23(2)25(31)10-13-32(26,8)30(6)12-9-11-28(3,4)14-15-29(5,21-34)16-17-30/h18-19,22-23,25,34-35H,9-17,21H2,1-8H3/b26-18-/t22-,23-,25-,29-,30-,31-,32+/m0/s1. The van der Waals surface area contributed by atoms with Crippen molar-refractivity contribution < 1.29 is 15.0 Å². The van der Waals surface area contributed by atoms with Gasteiger partial charge in [-0.2, -0.15) is 5.26 Å². The fourth-order valence-electron chi connectivity index (χ4n) is 8.00. The summed E-state index contributed by atoms with van der Waals surface area (Å²) in [7, 11) is 0. The van der Waals surface area contributed by atoms with Crippen LogP contribution in [0.5, 0.6) is 0 Å². The van der Waals surface area contributed by atoms with E-state index >= 15 is 0 Å². The highest BCUT2D eigenvalue weighted by Crippen LogP contribution is 2.66. The highest BCUT2D eigenvalue weighted by atomic mass is 16.3. The number of nitriles is 1. The lowest BCUT2D eigenvalue weighted by Gasteiger charge is -2.61. The summed E-state index contributed by atoms with van der Waals surface area (Å²) in [5.41, 5.74) is 0.969. The molecule has 3 aliphatic rings. The lowest BCUT2D eigenvalue weighted by molar-refractivity contribution is -0.123. The summed E-state index contributed by atoms with van der Waals surface area (Å²) >= 11 is 0. The van der Waals surface area contributed by atoms with Gasteiger partial charge in [-0.15, -0.1) is 0 Å². The maximum Gasteiger partial charge on any atom is 0.176 e. The van der Waals surface area contributed by atoms with Crippen LogP contribution in [0.25, 0.3) is 0 Å². The first kappa shape index (κ1) is 29.1. The topological polar surface area (TPSA) is 81.3 Å². The zero-order valence-corrected chi connectivity index (χ0v) is 24.2. The molecule has 2 fully saturated rings. The van der Waals surface area contributed by atoms with Crippen LogP contribution >= 0.6 is 0 Å². The van der Waals surface area contributed by atoms with Crippen molar-refractivity contribution in [2.24, 2.45) is 38.9 Å². The zero-order chi connectivity index (χ0) is 27.2. The molecule has 0 heterocycles. The Morgan fingerprint density at radius 2 is 1.69 bits per heavy atom. The van der Waals surface area contributed by atoms with E-state index in [4.69, 9.17) is 0 Å². The molecule has 0 aromatic rings. The van der Waals surface area contributed by atoms with Crippen molar-refractivity contribution >= 4 is 5.78 Å². The fourth-order valence-corrected chi connectivity index (χ4v) is 8.00. The minimum atomic E-state index is -0.605. The summed E-state index contributed by atoms with van der Waals surface area (Å²) in [5, 5.41) is 30.9. The molecule has 0 spiro atoms. The van der Waals surface area contributed by atoms with Gasteiger partial charge in [0.25, 0.3) is 0 Å². The molecule has 4 heteroatoms. The first-order valence-corrected chi connectivity index (χ1v) is 14.3. The molecule has 3 aliphatic carbocycles. The van der Waals surface area contributed by atoms with Crippen LogP contribution in [0.1, 0.15) is 113 Å². The maximum absolute atomic E-state index is 12.9. The van der Waals surface area contributed by atoms with Crippen LogP contribution in [0.2, 0.25) is 0 Å². The third kappa shape index (κ3) is 5.12. The summed E-state index contributed by atoms with van der Waals surface area (Å²) in [5.74, 6) is -0.109. The quantitative estimate of drug-likeness (QED) is 0.405. The monoisotopic (exact) mass is 497 g/mol. The lowest BCUT2D eigenvalue weighted by atomic mass is 9.43. The van der Waals surface area contributed by atoms with E-state index in [2.05, 4.69) is 47.6 Å². The molecule has 2 saturated carbocycles. The largest absolute Gasteiger partial charge is 0.396 e. The SMILES string of the molecule is C[C@H](O)/C=C1/[C@@]2(C)C=C(C#N)C(=O)[C@@H](C)[C@@H]2CC[C@@]1(C)[C@@]1(C)CCCC(C)(C)CC[C@](C)(CO)CC1. The van der Waals surface area contributed by atoms with Crippen molar-refractivity contribution in [3.05, 3.63) is 23.3 Å². The molecule has 0 unspecified atom stereocenters. The van der Waals surface area contributed by atoms with Gasteiger partial charge in [-0.25, -0.2) is 0 Å². The van der Waals surface area contributed by atoms with Gasteiger partial charge in [0.15, 0.2) is 5.78 Å². The lowest BCUT2D eigenvalue weighted by Crippen LogP contribution is -2.53. The van der Waals surface area contributed by atoms with Gasteiger partial charge >= 0.3 is 0 Å². The summed E-state index contributed by atoms with van der Waals surface area (Å²) < 4.78 is 0. The molecule has 0 saturated heterocycles. The third-order valence-corrected chi connectivity index (χ3v) is 11.1. The first-order chi connectivity index (χ1) is 16.6. The second-order valence-corrected chi connectivity index (χ2v) is 14.5. The Hall–Kier alpha value is -1.44. The van der Waals surface area contributed by atoms with E-state index < -0.39 is 11.5 Å². The van der Waals surface area contributed by atoms with Crippen LogP contribution in [0.15, 0.2) is 23.3 Å². The molecule has 0 amide bonds. The minimum absolute atomic E-state index is 0.0309. The van der Waals surface area contributed by atoms with Gasteiger partial charge in [0, 0.05) is 17.9 Å². The highest BCUT2D eigenvalue weighted by Gasteiger charge is 2.59. The second kappa shape index (κ2) is 10.0. The summed E-state index contributed by atoms with van der Waals surface area (Å²) in [4.78, 5) is 12.9. The molecule has 0 aromatic heterocycles. The van der Waals surface area contributed by atoms with Crippen LogP contribution in [0.3, 0.4) is 0 Å². The van der Waals surface area contributed by atoms with Gasteiger partial charge in [-0.3, -0.25) is 4.79 Å². The smallest absolute Gasteiger partial charge is 0.176 e. The molecule has 202 valence electrons. The normalized spacial score (nSPS) is 43.8. The number of nitrogens with zero attached hydrogens (tertiary/aromatic N) is 1. The predicted molar refractivity (Wildman–Crippen MR) is 146 cm³/mol. The Kier molecular flexibility index (Phi) is 8.11. The Morgan fingerprint density at radius 1 is 1.06 bits per heavy atom. The average molecular weight is 498 g/mol. The number of fused-ring (bicyclic) bond motifs is 1. The van der Waals surface area contributed by atoms with Gasteiger partial charge in [-0.1, -0.05) is 72.6 Å². The number of carbonyl (C=O) groups excluding carboxylic acids is 1. The van der Waals surface area contributed by atoms with Gasteiger partial charge in [0.05, 0.1) is 11.7 Å². The Morgan fingerprint density at radius 3 is 2.28 bits per heavy atom. The molecule has 0 bridgehead atoms. The number of rotatable bonds is 3. The van der Waals surface area contributed by atoms with Crippen LogP contribution < -0.4 is 0 Å². The minimum Gasteiger partial charge on any atom is -0.396 e. The predicted octanol–water partition coefficient (Wildman–Crippen LogP) is 7.16. The zero-order valence-electron chi connectivity index (χ0n) is 24.2. The molecule has 7 atom stereocenters. The van der Waals surface area contributed by atoms with E-state index in [9.17, 15) is 20.3 Å². The number of hydrogen-bond acceptors (Lipinski definition) is 4.